The second-order valence-corrected chi connectivity index (χ2v) is 2.47. The van der Waals surface area contributed by atoms with E-state index in [1.54, 1.807) is 7.05 Å². The Bertz CT molecular complexity index is 358. The molecule has 68 valence electrons. The molecule has 0 fully saturated rings. The van der Waals surface area contributed by atoms with E-state index in [4.69, 9.17) is 5.11 Å². The van der Waals surface area contributed by atoms with Crippen molar-refractivity contribution in [3.63, 3.8) is 0 Å². The van der Waals surface area contributed by atoms with Crippen LogP contribution in [0.2, 0.25) is 0 Å². The van der Waals surface area contributed by atoms with Crippen LogP contribution in [-0.2, 0) is 0 Å². The molecule has 0 radical (unpaired) electrons. The van der Waals surface area contributed by atoms with Gasteiger partial charge in [0.25, 0.3) is 0 Å². The summed E-state index contributed by atoms with van der Waals surface area (Å²) in [6.45, 7) is 0. The van der Waals surface area contributed by atoms with Crippen LogP contribution in [0, 0.1) is 0 Å². The van der Waals surface area contributed by atoms with Gasteiger partial charge in [-0.2, -0.15) is 0 Å². The molecule has 0 saturated carbocycles. The van der Waals surface area contributed by atoms with Gasteiger partial charge in [-0.25, -0.2) is 4.79 Å². The van der Waals surface area contributed by atoms with Crippen LogP contribution >= 0.6 is 0 Å². The Morgan fingerprint density at radius 1 is 1.54 bits per heavy atom. The molecule has 0 aliphatic heterocycles. The second kappa shape index (κ2) is 3.71. The van der Waals surface area contributed by atoms with Crippen molar-refractivity contribution in [2.45, 2.75) is 0 Å². The molecule has 2 N–H and O–H groups in total. The van der Waals surface area contributed by atoms with Gasteiger partial charge in [0.1, 0.15) is 5.75 Å². The predicted octanol–water partition coefficient (Wildman–Crippen LogP) is 1.14. The average molecular weight is 179 g/mol. The van der Waals surface area contributed by atoms with E-state index < -0.39 is 5.97 Å². The van der Waals surface area contributed by atoms with Gasteiger partial charge in [0.15, 0.2) is 0 Å². The maximum atomic E-state index is 10.5. The van der Waals surface area contributed by atoms with Gasteiger partial charge in [0.05, 0.1) is 5.56 Å². The summed E-state index contributed by atoms with van der Waals surface area (Å²) in [5.74, 6) is -0.999. The van der Waals surface area contributed by atoms with Crippen LogP contribution in [-0.4, -0.2) is 29.4 Å². The van der Waals surface area contributed by atoms with Gasteiger partial charge in [0, 0.05) is 18.8 Å². The minimum Gasteiger partial charge on any atom is -0.507 e. The minimum absolute atomic E-state index is 0.0237. The highest BCUT2D eigenvalue weighted by atomic mass is 16.4. The minimum atomic E-state index is -1.02. The predicted molar refractivity (Wildman–Crippen MR) is 48.6 cm³/mol. The Balaban J connectivity index is 3.18. The third-order valence-corrected chi connectivity index (χ3v) is 1.54. The van der Waals surface area contributed by atoms with Crippen LogP contribution in [0.15, 0.2) is 23.2 Å². The summed E-state index contributed by atoms with van der Waals surface area (Å²) in [5.41, 5.74) is 0.537. The Kier molecular flexibility index (Phi) is 2.64. The SMILES string of the molecule is CN=Cc1cc(C(=O)O)ccc1O. The number of carbonyl (C=O) groups is 1. The van der Waals surface area contributed by atoms with Crippen molar-refractivity contribution in [1.29, 1.82) is 0 Å². The molecule has 13 heavy (non-hydrogen) atoms. The smallest absolute Gasteiger partial charge is 0.335 e. The van der Waals surface area contributed by atoms with Gasteiger partial charge in [0.2, 0.25) is 0 Å². The molecule has 0 aliphatic rings. The number of aromatic hydroxyl groups is 1. The molecule has 1 aromatic carbocycles. The first-order chi connectivity index (χ1) is 6.15. The fourth-order valence-corrected chi connectivity index (χ4v) is 0.930. The van der Waals surface area contributed by atoms with Crippen LogP contribution in [0.25, 0.3) is 0 Å². The van der Waals surface area contributed by atoms with E-state index in [0.29, 0.717) is 5.56 Å². The number of phenolic OH excluding ortho intramolecular Hbond substituents is 1. The zero-order valence-electron chi connectivity index (χ0n) is 7.06. The van der Waals surface area contributed by atoms with Crippen LogP contribution in [0.4, 0.5) is 0 Å². The number of carboxylic acid groups (broad SMARTS) is 1. The summed E-state index contributed by atoms with van der Waals surface area (Å²) in [5, 5.41) is 17.9. The lowest BCUT2D eigenvalue weighted by Gasteiger charge is -1.99. The first-order valence-electron chi connectivity index (χ1n) is 3.63. The highest BCUT2D eigenvalue weighted by Gasteiger charge is 2.05. The zero-order chi connectivity index (χ0) is 9.84. The Hall–Kier alpha value is -1.84. The zero-order valence-corrected chi connectivity index (χ0v) is 7.06. The average Bonchev–Trinajstić information content (AvgIpc) is 2.08. The van der Waals surface area contributed by atoms with Crippen molar-refractivity contribution in [3.05, 3.63) is 29.3 Å². The van der Waals surface area contributed by atoms with Gasteiger partial charge < -0.3 is 10.2 Å². The first-order valence-corrected chi connectivity index (χ1v) is 3.63. The van der Waals surface area contributed by atoms with Gasteiger partial charge in [-0.1, -0.05) is 0 Å². The van der Waals surface area contributed by atoms with Crippen LogP contribution in [0.1, 0.15) is 15.9 Å². The van der Waals surface area contributed by atoms with Crippen molar-refractivity contribution in [2.24, 2.45) is 4.99 Å². The number of benzene rings is 1. The molecule has 0 saturated heterocycles. The quantitative estimate of drug-likeness (QED) is 0.669. The Morgan fingerprint density at radius 2 is 2.23 bits per heavy atom. The number of aliphatic imine (C=N–C) groups is 1. The molecule has 0 heterocycles. The van der Waals surface area contributed by atoms with Crippen LogP contribution in [0.3, 0.4) is 0 Å². The summed E-state index contributed by atoms with van der Waals surface area (Å²) in [7, 11) is 1.55. The second-order valence-electron chi connectivity index (χ2n) is 2.47. The number of hydrogen-bond donors (Lipinski definition) is 2. The highest BCUT2D eigenvalue weighted by Crippen LogP contribution is 2.16. The van der Waals surface area contributed by atoms with Crippen molar-refractivity contribution in [3.8, 4) is 5.75 Å². The molecule has 0 spiro atoms. The van der Waals surface area contributed by atoms with Gasteiger partial charge >= 0.3 is 5.97 Å². The van der Waals surface area contributed by atoms with E-state index in [2.05, 4.69) is 4.99 Å². The molecule has 0 atom stereocenters. The normalized spacial score (nSPS) is 10.5. The number of hydrogen-bond acceptors (Lipinski definition) is 3. The van der Waals surface area contributed by atoms with Gasteiger partial charge in [-0.15, -0.1) is 0 Å². The third-order valence-electron chi connectivity index (χ3n) is 1.54. The molecule has 1 rings (SSSR count). The maximum absolute atomic E-state index is 10.5. The van der Waals surface area contributed by atoms with Crippen LogP contribution < -0.4 is 0 Å². The number of rotatable bonds is 2. The Morgan fingerprint density at radius 3 is 2.77 bits per heavy atom. The fraction of sp³-hybridized carbons (Fsp3) is 0.111. The summed E-state index contributed by atoms with van der Waals surface area (Å²) in [6.07, 6.45) is 1.40. The fourth-order valence-electron chi connectivity index (χ4n) is 0.930. The lowest BCUT2D eigenvalue weighted by molar-refractivity contribution is 0.0697. The largest absolute Gasteiger partial charge is 0.507 e. The molecule has 0 aromatic heterocycles. The van der Waals surface area contributed by atoms with Crippen molar-refractivity contribution in [2.75, 3.05) is 7.05 Å². The van der Waals surface area contributed by atoms with Gasteiger partial charge in [-0.05, 0) is 18.2 Å². The molecular formula is C9H9NO3. The van der Waals surface area contributed by atoms with Crippen molar-refractivity contribution >= 4 is 12.2 Å². The highest BCUT2D eigenvalue weighted by molar-refractivity contribution is 5.92. The molecule has 0 amide bonds. The third kappa shape index (κ3) is 2.05. The molecule has 4 heteroatoms. The number of aromatic carboxylic acids is 1. The maximum Gasteiger partial charge on any atom is 0.335 e. The molecular weight excluding hydrogens is 170 g/mol. The monoisotopic (exact) mass is 179 g/mol. The van der Waals surface area contributed by atoms with E-state index in [-0.39, 0.29) is 11.3 Å². The van der Waals surface area contributed by atoms with E-state index in [0.717, 1.165) is 0 Å². The van der Waals surface area contributed by atoms with Gasteiger partial charge in [-0.3, -0.25) is 4.99 Å². The lowest BCUT2D eigenvalue weighted by atomic mass is 10.1. The Labute approximate surface area is 75.2 Å². The van der Waals surface area contributed by atoms with E-state index >= 15 is 0 Å². The van der Waals surface area contributed by atoms with E-state index in [9.17, 15) is 9.90 Å². The summed E-state index contributed by atoms with van der Waals surface area (Å²) >= 11 is 0. The first kappa shape index (κ1) is 9.25. The summed E-state index contributed by atoms with van der Waals surface area (Å²) in [6, 6.07) is 4.04. The number of phenols is 1. The molecule has 1 aromatic rings. The van der Waals surface area contributed by atoms with E-state index in [1.807, 2.05) is 0 Å². The molecule has 4 nitrogen and oxygen atoms in total. The summed E-state index contributed by atoms with van der Waals surface area (Å²) in [4.78, 5) is 14.2. The lowest BCUT2D eigenvalue weighted by Crippen LogP contribution is -1.97. The van der Waals surface area contributed by atoms with E-state index in [1.165, 1.54) is 24.4 Å². The number of carboxylic acids is 1. The molecule has 0 aliphatic carbocycles. The number of nitrogens with zero attached hydrogens (tertiary/aromatic N) is 1. The summed E-state index contributed by atoms with van der Waals surface area (Å²) < 4.78 is 0. The molecule has 0 unspecified atom stereocenters. The van der Waals surface area contributed by atoms with Crippen molar-refractivity contribution < 1.29 is 15.0 Å². The van der Waals surface area contributed by atoms with Crippen LogP contribution in [0.5, 0.6) is 5.75 Å². The molecule has 0 bridgehead atoms. The standard InChI is InChI=1S/C9H9NO3/c1-10-5-7-4-6(9(12)13)2-3-8(7)11/h2-5,11H,1H3,(H,12,13). The topological polar surface area (TPSA) is 69.9 Å². The van der Waals surface area contributed by atoms with Crippen molar-refractivity contribution in [1.82, 2.24) is 0 Å².